The number of esters is 1. The third-order valence-electron chi connectivity index (χ3n) is 5.57. The zero-order chi connectivity index (χ0) is 24.3. The molecule has 1 atom stereocenters. The molecule has 0 spiro atoms. The molecule has 0 bridgehead atoms. The zero-order valence-corrected chi connectivity index (χ0v) is 19.6. The normalized spacial score (nSPS) is 16.1. The summed E-state index contributed by atoms with van der Waals surface area (Å²) in [6, 6.07) is 18.7. The molecular weight excluding hydrogens is 454 g/mol. The summed E-state index contributed by atoms with van der Waals surface area (Å²) in [7, 11) is -3.67. The van der Waals surface area contributed by atoms with E-state index < -0.39 is 34.7 Å². The van der Waals surface area contributed by atoms with Crippen LogP contribution in [-0.4, -0.2) is 26.9 Å². The van der Waals surface area contributed by atoms with Crippen molar-refractivity contribution in [2.75, 3.05) is 17.2 Å². The standard InChI is InChI=1S/C25H25N3O5S/c1-3-17-8-6-7-16(2)23(17)27-22(29)15-33-25(30)19-13-11-18(12-14-19)24-26-20-9-4-5-10-21(20)34(31,32)28-24/h4-14,24,26,28H,3,15H2,1-2H3,(H,27,29). The van der Waals surface area contributed by atoms with Crippen LogP contribution in [-0.2, 0) is 26.0 Å². The van der Waals surface area contributed by atoms with E-state index in [1.807, 2.05) is 32.0 Å². The van der Waals surface area contributed by atoms with Gasteiger partial charge in [-0.15, -0.1) is 0 Å². The zero-order valence-electron chi connectivity index (χ0n) is 18.8. The van der Waals surface area contributed by atoms with Gasteiger partial charge in [0.25, 0.3) is 5.91 Å². The fraction of sp³-hybridized carbons (Fsp3) is 0.200. The minimum absolute atomic E-state index is 0.182. The Hall–Kier alpha value is -3.69. The van der Waals surface area contributed by atoms with Gasteiger partial charge in [0.2, 0.25) is 10.0 Å². The van der Waals surface area contributed by atoms with Crippen LogP contribution in [0.25, 0.3) is 0 Å². The number of para-hydroxylation sites is 2. The molecule has 9 heteroatoms. The van der Waals surface area contributed by atoms with Crippen LogP contribution < -0.4 is 15.4 Å². The Morgan fingerprint density at radius 3 is 2.47 bits per heavy atom. The summed E-state index contributed by atoms with van der Waals surface area (Å²) in [5.41, 5.74) is 4.05. The number of hydrogen-bond donors (Lipinski definition) is 3. The van der Waals surface area contributed by atoms with E-state index in [9.17, 15) is 18.0 Å². The van der Waals surface area contributed by atoms with Gasteiger partial charge in [0.15, 0.2) is 6.61 Å². The molecule has 8 nitrogen and oxygen atoms in total. The first-order valence-corrected chi connectivity index (χ1v) is 12.3. The maximum Gasteiger partial charge on any atom is 0.338 e. The summed E-state index contributed by atoms with van der Waals surface area (Å²) >= 11 is 0. The molecule has 1 aliphatic rings. The average molecular weight is 480 g/mol. The number of fused-ring (bicyclic) bond motifs is 1. The topological polar surface area (TPSA) is 114 Å². The Kier molecular flexibility index (Phi) is 6.67. The van der Waals surface area contributed by atoms with Gasteiger partial charge >= 0.3 is 5.97 Å². The number of anilines is 2. The molecule has 0 radical (unpaired) electrons. The smallest absolute Gasteiger partial charge is 0.338 e. The number of benzene rings is 3. The van der Waals surface area contributed by atoms with Crippen LogP contribution in [0.4, 0.5) is 11.4 Å². The van der Waals surface area contributed by atoms with Crippen LogP contribution in [0.15, 0.2) is 71.6 Å². The number of aryl methyl sites for hydroxylation is 2. The van der Waals surface area contributed by atoms with Crippen molar-refractivity contribution in [3.05, 3.63) is 89.0 Å². The van der Waals surface area contributed by atoms with Crippen LogP contribution in [0.2, 0.25) is 0 Å². The Morgan fingerprint density at radius 1 is 1.00 bits per heavy atom. The predicted octanol–water partition coefficient (Wildman–Crippen LogP) is 3.76. The first-order chi connectivity index (χ1) is 16.3. The van der Waals surface area contributed by atoms with Crippen LogP contribution in [0.3, 0.4) is 0 Å². The Balaban J connectivity index is 1.38. The molecule has 4 rings (SSSR count). The minimum atomic E-state index is -3.67. The van der Waals surface area contributed by atoms with Gasteiger partial charge in [-0.1, -0.05) is 49.4 Å². The molecule has 0 saturated heterocycles. The highest BCUT2D eigenvalue weighted by molar-refractivity contribution is 7.89. The molecule has 0 saturated carbocycles. The van der Waals surface area contributed by atoms with Crippen LogP contribution >= 0.6 is 0 Å². The average Bonchev–Trinajstić information content (AvgIpc) is 2.83. The van der Waals surface area contributed by atoms with Crippen LogP contribution in [0, 0.1) is 6.92 Å². The molecule has 1 amide bonds. The van der Waals surface area contributed by atoms with Gasteiger partial charge in [0.05, 0.1) is 11.3 Å². The van der Waals surface area contributed by atoms with Crippen molar-refractivity contribution in [1.82, 2.24) is 4.72 Å². The monoisotopic (exact) mass is 479 g/mol. The van der Waals surface area contributed by atoms with Gasteiger partial charge in [-0.25, -0.2) is 13.2 Å². The van der Waals surface area contributed by atoms with E-state index in [1.54, 1.807) is 30.3 Å². The minimum Gasteiger partial charge on any atom is -0.452 e. The van der Waals surface area contributed by atoms with Gasteiger partial charge in [-0.05, 0) is 54.3 Å². The van der Waals surface area contributed by atoms with Gasteiger partial charge in [-0.2, -0.15) is 4.72 Å². The van der Waals surface area contributed by atoms with Gasteiger partial charge in [0.1, 0.15) is 11.1 Å². The van der Waals surface area contributed by atoms with Crippen molar-refractivity contribution in [2.45, 2.75) is 31.3 Å². The van der Waals surface area contributed by atoms with Crippen LogP contribution in [0.5, 0.6) is 0 Å². The van der Waals surface area contributed by atoms with E-state index in [4.69, 9.17) is 4.74 Å². The second kappa shape index (κ2) is 9.66. The molecule has 176 valence electrons. The Labute approximate surface area is 198 Å². The van der Waals surface area contributed by atoms with Crippen LogP contribution in [0.1, 0.15) is 40.1 Å². The molecule has 1 unspecified atom stereocenters. The summed E-state index contributed by atoms with van der Waals surface area (Å²) in [5, 5.41) is 5.95. The van der Waals surface area contributed by atoms with E-state index in [2.05, 4.69) is 15.4 Å². The highest BCUT2D eigenvalue weighted by atomic mass is 32.2. The number of amides is 1. The van der Waals surface area contributed by atoms with Gasteiger partial charge < -0.3 is 15.4 Å². The molecule has 1 heterocycles. The second-order valence-electron chi connectivity index (χ2n) is 7.90. The van der Waals surface area contributed by atoms with Crippen molar-refractivity contribution >= 4 is 33.3 Å². The van der Waals surface area contributed by atoms with Crippen molar-refractivity contribution in [3.63, 3.8) is 0 Å². The Morgan fingerprint density at radius 2 is 1.74 bits per heavy atom. The first kappa shape index (κ1) is 23.5. The largest absolute Gasteiger partial charge is 0.452 e. The summed E-state index contributed by atoms with van der Waals surface area (Å²) in [5.74, 6) is -1.07. The maximum atomic E-state index is 12.5. The molecule has 0 aromatic heterocycles. The fourth-order valence-electron chi connectivity index (χ4n) is 3.78. The summed E-state index contributed by atoms with van der Waals surface area (Å²) in [6.45, 7) is 3.49. The molecule has 0 fully saturated rings. The molecule has 0 aliphatic carbocycles. The first-order valence-electron chi connectivity index (χ1n) is 10.8. The van der Waals surface area contributed by atoms with E-state index in [0.717, 1.165) is 23.2 Å². The maximum absolute atomic E-state index is 12.5. The SMILES string of the molecule is CCc1cccc(C)c1NC(=O)COC(=O)c1ccc(C2Nc3ccccc3S(=O)(=O)N2)cc1. The van der Waals surface area contributed by atoms with E-state index in [0.29, 0.717) is 11.3 Å². The molecule has 3 aromatic carbocycles. The van der Waals surface area contributed by atoms with Crippen molar-refractivity contribution in [3.8, 4) is 0 Å². The van der Waals surface area contributed by atoms with Gasteiger partial charge in [0, 0.05) is 5.69 Å². The summed E-state index contributed by atoms with van der Waals surface area (Å²) in [6.07, 6.45) is 0.0821. The lowest BCUT2D eigenvalue weighted by atomic mass is 10.1. The third kappa shape index (κ3) is 4.95. The van der Waals surface area contributed by atoms with E-state index >= 15 is 0 Å². The number of hydrogen-bond acceptors (Lipinski definition) is 6. The summed E-state index contributed by atoms with van der Waals surface area (Å²) in [4.78, 5) is 24.9. The lowest BCUT2D eigenvalue weighted by Gasteiger charge is -2.28. The molecule has 3 N–H and O–H groups in total. The van der Waals surface area contributed by atoms with Crippen molar-refractivity contribution in [1.29, 1.82) is 0 Å². The number of rotatable bonds is 6. The number of nitrogens with one attached hydrogen (secondary N) is 3. The molecule has 3 aromatic rings. The number of ether oxygens (including phenoxy) is 1. The number of sulfonamides is 1. The van der Waals surface area contributed by atoms with E-state index in [-0.39, 0.29) is 10.5 Å². The predicted molar refractivity (Wildman–Crippen MR) is 129 cm³/mol. The molecule has 1 aliphatic heterocycles. The molecule has 34 heavy (non-hydrogen) atoms. The van der Waals surface area contributed by atoms with E-state index in [1.165, 1.54) is 18.2 Å². The lowest BCUT2D eigenvalue weighted by Crippen LogP contribution is -2.38. The second-order valence-corrected chi connectivity index (χ2v) is 9.59. The van der Waals surface area contributed by atoms with Gasteiger partial charge in [-0.3, -0.25) is 4.79 Å². The van der Waals surface area contributed by atoms with Crippen molar-refractivity contribution < 1.29 is 22.7 Å². The fourth-order valence-corrected chi connectivity index (χ4v) is 5.09. The lowest BCUT2D eigenvalue weighted by molar-refractivity contribution is -0.119. The highest BCUT2D eigenvalue weighted by Crippen LogP contribution is 2.30. The molecular formula is C25H25N3O5S. The number of carbonyl (C=O) groups is 2. The highest BCUT2D eigenvalue weighted by Gasteiger charge is 2.29. The van der Waals surface area contributed by atoms with Crippen molar-refractivity contribution in [2.24, 2.45) is 0 Å². The Bertz CT molecular complexity index is 1340. The third-order valence-corrected chi connectivity index (χ3v) is 7.05. The summed E-state index contributed by atoms with van der Waals surface area (Å²) < 4.78 is 32.8. The quantitative estimate of drug-likeness (QED) is 0.464. The number of carbonyl (C=O) groups excluding carboxylic acids is 2.